The van der Waals surface area contributed by atoms with Gasteiger partial charge in [0.05, 0.1) is 5.75 Å². The van der Waals surface area contributed by atoms with E-state index in [9.17, 15) is 8.42 Å². The van der Waals surface area contributed by atoms with E-state index in [-0.39, 0.29) is 5.75 Å². The zero-order chi connectivity index (χ0) is 15.1. The normalized spacial score (nSPS) is 17.0. The van der Waals surface area contributed by atoms with E-state index in [0.717, 1.165) is 16.6 Å². The fourth-order valence-electron chi connectivity index (χ4n) is 2.51. The molecule has 0 bridgehead atoms. The first-order valence-electron chi connectivity index (χ1n) is 7.38. The minimum absolute atomic E-state index is 0.0122. The van der Waals surface area contributed by atoms with E-state index < -0.39 is 10.0 Å². The molecule has 0 unspecified atom stereocenters. The van der Waals surface area contributed by atoms with Crippen molar-refractivity contribution in [1.82, 2.24) is 4.72 Å². The third-order valence-corrected chi connectivity index (χ3v) is 6.59. The standard InChI is InChI=1S/C15H22ClNO2S2/c16-14-8-6-13(7-9-14)12-21(18,19)17-10-11-20-15-4-2-1-3-5-15/h6-9,15,17H,1-5,10-12H2. The zero-order valence-electron chi connectivity index (χ0n) is 12.1. The van der Waals surface area contributed by atoms with Gasteiger partial charge in [-0.2, -0.15) is 11.8 Å². The summed E-state index contributed by atoms with van der Waals surface area (Å²) in [6.07, 6.45) is 6.55. The van der Waals surface area contributed by atoms with Crippen LogP contribution in [0.1, 0.15) is 37.7 Å². The summed E-state index contributed by atoms with van der Waals surface area (Å²) >= 11 is 7.69. The van der Waals surface area contributed by atoms with Gasteiger partial charge in [0.1, 0.15) is 0 Å². The highest BCUT2D eigenvalue weighted by Gasteiger charge is 2.14. The van der Waals surface area contributed by atoms with E-state index in [2.05, 4.69) is 4.72 Å². The number of hydrogen-bond acceptors (Lipinski definition) is 3. The molecule has 1 fully saturated rings. The fourth-order valence-corrected chi connectivity index (χ4v) is 5.13. The molecule has 118 valence electrons. The maximum absolute atomic E-state index is 12.0. The van der Waals surface area contributed by atoms with Crippen molar-refractivity contribution < 1.29 is 8.42 Å². The van der Waals surface area contributed by atoms with Crippen LogP contribution in [0.2, 0.25) is 5.02 Å². The maximum atomic E-state index is 12.0. The Hall–Kier alpha value is -0.230. The van der Waals surface area contributed by atoms with E-state index in [1.165, 1.54) is 32.1 Å². The molecular weight excluding hydrogens is 326 g/mol. The molecule has 6 heteroatoms. The first kappa shape index (κ1) is 17.1. The van der Waals surface area contributed by atoms with Crippen LogP contribution in [0.4, 0.5) is 0 Å². The molecule has 1 aromatic rings. The molecule has 0 amide bonds. The third kappa shape index (κ3) is 6.59. The van der Waals surface area contributed by atoms with Crippen LogP contribution in [0.5, 0.6) is 0 Å². The van der Waals surface area contributed by atoms with E-state index in [1.54, 1.807) is 24.3 Å². The molecule has 1 aliphatic carbocycles. The monoisotopic (exact) mass is 347 g/mol. The minimum atomic E-state index is -3.26. The van der Waals surface area contributed by atoms with Gasteiger partial charge in [-0.15, -0.1) is 0 Å². The van der Waals surface area contributed by atoms with Crippen LogP contribution in [0.3, 0.4) is 0 Å². The molecular formula is C15H22ClNO2S2. The predicted octanol–water partition coefficient (Wildman–Crippen LogP) is 3.83. The number of sulfonamides is 1. The molecule has 0 aromatic heterocycles. The van der Waals surface area contributed by atoms with Crippen molar-refractivity contribution in [3.8, 4) is 0 Å². The van der Waals surface area contributed by atoms with Crippen molar-refractivity contribution in [1.29, 1.82) is 0 Å². The van der Waals surface area contributed by atoms with E-state index >= 15 is 0 Å². The van der Waals surface area contributed by atoms with Crippen molar-refractivity contribution in [3.05, 3.63) is 34.9 Å². The van der Waals surface area contributed by atoms with Crippen molar-refractivity contribution in [3.63, 3.8) is 0 Å². The van der Waals surface area contributed by atoms with Crippen LogP contribution in [0, 0.1) is 0 Å². The first-order valence-corrected chi connectivity index (χ1v) is 10.5. The summed E-state index contributed by atoms with van der Waals surface area (Å²) in [7, 11) is -3.26. The lowest BCUT2D eigenvalue weighted by molar-refractivity contribution is 0.516. The second kappa shape index (κ2) is 8.42. The highest BCUT2D eigenvalue weighted by Crippen LogP contribution is 2.27. The molecule has 1 aromatic carbocycles. The Morgan fingerprint density at radius 2 is 1.81 bits per heavy atom. The number of rotatable bonds is 7. The highest BCUT2D eigenvalue weighted by atomic mass is 35.5. The predicted molar refractivity (Wildman–Crippen MR) is 91.4 cm³/mol. The van der Waals surface area contributed by atoms with Crippen LogP contribution < -0.4 is 4.72 Å². The van der Waals surface area contributed by atoms with Gasteiger partial charge in [0.25, 0.3) is 0 Å². The minimum Gasteiger partial charge on any atom is -0.214 e. The largest absolute Gasteiger partial charge is 0.215 e. The maximum Gasteiger partial charge on any atom is 0.215 e. The van der Waals surface area contributed by atoms with Crippen molar-refractivity contribution in [2.75, 3.05) is 12.3 Å². The molecule has 0 aliphatic heterocycles. The van der Waals surface area contributed by atoms with Gasteiger partial charge >= 0.3 is 0 Å². The molecule has 21 heavy (non-hydrogen) atoms. The summed E-state index contributed by atoms with van der Waals surface area (Å²) in [6.45, 7) is 0.511. The van der Waals surface area contributed by atoms with E-state index in [4.69, 9.17) is 11.6 Å². The Morgan fingerprint density at radius 1 is 1.14 bits per heavy atom. The highest BCUT2D eigenvalue weighted by molar-refractivity contribution is 8.00. The average Bonchev–Trinajstić information content (AvgIpc) is 2.47. The summed E-state index contributed by atoms with van der Waals surface area (Å²) < 4.78 is 26.6. The van der Waals surface area contributed by atoms with Gasteiger partial charge < -0.3 is 0 Å². The average molecular weight is 348 g/mol. The molecule has 1 saturated carbocycles. The van der Waals surface area contributed by atoms with Crippen molar-refractivity contribution in [2.45, 2.75) is 43.1 Å². The third-order valence-electron chi connectivity index (χ3n) is 3.60. The lowest BCUT2D eigenvalue weighted by Gasteiger charge is -2.20. The molecule has 0 heterocycles. The molecule has 0 radical (unpaired) electrons. The Kier molecular flexibility index (Phi) is 6.86. The van der Waals surface area contributed by atoms with E-state index in [0.29, 0.717) is 11.6 Å². The Balaban J connectivity index is 1.69. The summed E-state index contributed by atoms with van der Waals surface area (Å²) in [5.74, 6) is 0.864. The van der Waals surface area contributed by atoms with Gasteiger partial charge in [0, 0.05) is 22.6 Å². The van der Waals surface area contributed by atoms with Crippen molar-refractivity contribution in [2.24, 2.45) is 0 Å². The zero-order valence-corrected chi connectivity index (χ0v) is 14.4. The van der Waals surface area contributed by atoms with Gasteiger partial charge in [-0.05, 0) is 30.5 Å². The molecule has 3 nitrogen and oxygen atoms in total. The Bertz CT molecular complexity index is 525. The summed E-state index contributed by atoms with van der Waals surface area (Å²) in [5.41, 5.74) is 0.756. The van der Waals surface area contributed by atoms with Gasteiger partial charge in [0.2, 0.25) is 10.0 Å². The van der Waals surface area contributed by atoms with Crippen LogP contribution in [0.15, 0.2) is 24.3 Å². The van der Waals surface area contributed by atoms with Gasteiger partial charge in [-0.1, -0.05) is 43.0 Å². The van der Waals surface area contributed by atoms with Gasteiger partial charge in [0.15, 0.2) is 0 Å². The molecule has 1 N–H and O–H groups in total. The number of halogens is 1. The number of hydrogen-bond donors (Lipinski definition) is 1. The molecule has 2 rings (SSSR count). The molecule has 0 spiro atoms. The van der Waals surface area contributed by atoms with Crippen LogP contribution in [-0.2, 0) is 15.8 Å². The topological polar surface area (TPSA) is 46.2 Å². The first-order chi connectivity index (χ1) is 10.1. The number of nitrogens with one attached hydrogen (secondary N) is 1. The summed E-state index contributed by atoms with van der Waals surface area (Å²) in [4.78, 5) is 0. The second-order valence-electron chi connectivity index (χ2n) is 5.41. The Morgan fingerprint density at radius 3 is 2.48 bits per heavy atom. The van der Waals surface area contributed by atoms with Crippen LogP contribution in [-0.4, -0.2) is 26.0 Å². The number of benzene rings is 1. The van der Waals surface area contributed by atoms with Crippen LogP contribution >= 0.6 is 23.4 Å². The summed E-state index contributed by atoms with van der Waals surface area (Å²) in [5, 5.41) is 1.34. The quantitative estimate of drug-likeness (QED) is 0.762. The lowest BCUT2D eigenvalue weighted by atomic mass is 10.0. The fraction of sp³-hybridized carbons (Fsp3) is 0.600. The lowest BCUT2D eigenvalue weighted by Crippen LogP contribution is -2.28. The SMILES string of the molecule is O=S(=O)(Cc1ccc(Cl)cc1)NCCSC1CCCCC1. The molecule has 1 aliphatic rings. The van der Waals surface area contributed by atoms with Crippen molar-refractivity contribution >= 4 is 33.4 Å². The summed E-state index contributed by atoms with van der Waals surface area (Å²) in [6, 6.07) is 6.92. The van der Waals surface area contributed by atoms with Gasteiger partial charge in [-0.25, -0.2) is 13.1 Å². The second-order valence-corrected chi connectivity index (χ2v) is 9.06. The Labute approximate surface area is 136 Å². The smallest absolute Gasteiger partial charge is 0.214 e. The molecule has 0 saturated heterocycles. The molecule has 0 atom stereocenters. The number of thioether (sulfide) groups is 1. The van der Waals surface area contributed by atoms with Crippen LogP contribution in [0.25, 0.3) is 0 Å². The van der Waals surface area contributed by atoms with E-state index in [1.807, 2.05) is 11.8 Å². The van der Waals surface area contributed by atoms with Gasteiger partial charge in [-0.3, -0.25) is 0 Å².